The number of carbonyl (C=O) groups is 1. The molecule has 0 radical (unpaired) electrons. The summed E-state index contributed by atoms with van der Waals surface area (Å²) in [6.07, 6.45) is -3.01. The van der Waals surface area contributed by atoms with Crippen molar-refractivity contribution in [2.45, 2.75) is 65.3 Å². The number of likely N-dealkylation sites (tertiary alicyclic amines) is 1. The Kier molecular flexibility index (Phi) is 7.65. The van der Waals surface area contributed by atoms with Gasteiger partial charge in [0.2, 0.25) is 0 Å². The van der Waals surface area contributed by atoms with Gasteiger partial charge >= 0.3 is 6.18 Å². The van der Waals surface area contributed by atoms with Crippen LogP contribution in [0.2, 0.25) is 0 Å². The Morgan fingerprint density at radius 3 is 2.45 bits per heavy atom. The van der Waals surface area contributed by atoms with E-state index >= 15 is 0 Å². The van der Waals surface area contributed by atoms with Crippen molar-refractivity contribution in [1.82, 2.24) is 19.8 Å². The molecule has 0 aliphatic carbocycles. The number of methoxy groups -OCH3 is 1. The molecule has 0 spiro atoms. The zero-order valence-electron chi connectivity index (χ0n) is 22.5. The number of halogens is 3. The quantitative estimate of drug-likeness (QED) is 0.452. The second kappa shape index (κ2) is 10.5. The molecule has 0 atom stereocenters. The Morgan fingerprint density at radius 2 is 1.82 bits per heavy atom. The van der Waals surface area contributed by atoms with E-state index in [1.165, 1.54) is 25.9 Å². The second-order valence-corrected chi connectivity index (χ2v) is 10.6. The summed E-state index contributed by atoms with van der Waals surface area (Å²) in [6.45, 7) is 7.48. The monoisotopic (exact) mass is 532 g/mol. The van der Waals surface area contributed by atoms with Crippen LogP contribution in [-0.2, 0) is 13.1 Å². The molecule has 4 rings (SSSR count). The minimum atomic E-state index is -4.29. The van der Waals surface area contributed by atoms with E-state index in [1.807, 2.05) is 31.2 Å². The van der Waals surface area contributed by atoms with Gasteiger partial charge in [0, 0.05) is 28.8 Å². The van der Waals surface area contributed by atoms with Crippen LogP contribution in [0, 0.1) is 19.8 Å². The SMILES string of the molecule is COc1cc(C)[nH]c(=O)c1CNC(=O)c1c(C)n(CC2CCN(C(C)(C)C(F)(F)F)CC2)c2ccccc12. The van der Waals surface area contributed by atoms with Gasteiger partial charge < -0.3 is 19.6 Å². The molecule has 1 amide bonds. The molecule has 1 aromatic carbocycles. The molecule has 38 heavy (non-hydrogen) atoms. The highest BCUT2D eigenvalue weighted by Gasteiger charge is 2.51. The zero-order chi connectivity index (χ0) is 27.8. The van der Waals surface area contributed by atoms with Gasteiger partial charge in [-0.05, 0) is 71.7 Å². The topological polar surface area (TPSA) is 79.4 Å². The van der Waals surface area contributed by atoms with Gasteiger partial charge in [0.25, 0.3) is 11.5 Å². The number of hydrogen-bond acceptors (Lipinski definition) is 4. The van der Waals surface area contributed by atoms with E-state index in [4.69, 9.17) is 4.74 Å². The van der Waals surface area contributed by atoms with Crippen LogP contribution in [-0.4, -0.2) is 52.3 Å². The van der Waals surface area contributed by atoms with Gasteiger partial charge in [0.15, 0.2) is 0 Å². The van der Waals surface area contributed by atoms with E-state index in [0.29, 0.717) is 55.0 Å². The zero-order valence-corrected chi connectivity index (χ0v) is 22.5. The molecule has 1 aliphatic heterocycles. The maximum Gasteiger partial charge on any atom is 0.406 e. The molecule has 10 heteroatoms. The van der Waals surface area contributed by atoms with E-state index in [1.54, 1.807) is 13.0 Å². The first-order valence-electron chi connectivity index (χ1n) is 12.8. The number of benzene rings is 1. The number of rotatable bonds is 7. The number of hydrogen-bond donors (Lipinski definition) is 2. The summed E-state index contributed by atoms with van der Waals surface area (Å²) in [5, 5.41) is 3.67. The Bertz CT molecular complexity index is 1380. The minimum Gasteiger partial charge on any atom is -0.496 e. The van der Waals surface area contributed by atoms with E-state index in [2.05, 4.69) is 14.9 Å². The maximum absolute atomic E-state index is 13.5. The molecule has 0 unspecified atom stereocenters. The summed E-state index contributed by atoms with van der Waals surface area (Å²) in [6, 6.07) is 9.33. The van der Waals surface area contributed by atoms with Crippen LogP contribution < -0.4 is 15.6 Å². The third-order valence-electron chi connectivity index (χ3n) is 7.87. The number of aromatic nitrogens is 2. The lowest BCUT2D eigenvalue weighted by molar-refractivity contribution is -0.224. The van der Waals surface area contributed by atoms with Crippen molar-refractivity contribution >= 4 is 16.8 Å². The molecule has 3 aromatic rings. The number of aromatic amines is 1. The van der Waals surface area contributed by atoms with Gasteiger partial charge in [-0.3, -0.25) is 14.5 Å². The Labute approximate surface area is 220 Å². The van der Waals surface area contributed by atoms with Gasteiger partial charge in [-0.2, -0.15) is 13.2 Å². The number of fused-ring (bicyclic) bond motifs is 1. The fraction of sp³-hybridized carbons (Fsp3) is 0.500. The molecule has 1 fully saturated rings. The molecule has 7 nitrogen and oxygen atoms in total. The molecular weight excluding hydrogens is 497 g/mol. The summed E-state index contributed by atoms with van der Waals surface area (Å²) < 4.78 is 48.0. The maximum atomic E-state index is 13.5. The number of nitrogens with zero attached hydrogens (tertiary/aromatic N) is 2. The summed E-state index contributed by atoms with van der Waals surface area (Å²) in [5.41, 5.74) is 1.03. The first-order valence-corrected chi connectivity index (χ1v) is 12.8. The van der Waals surface area contributed by atoms with Crippen LogP contribution in [0.15, 0.2) is 35.1 Å². The highest BCUT2D eigenvalue weighted by molar-refractivity contribution is 6.08. The molecule has 2 aromatic heterocycles. The van der Waals surface area contributed by atoms with Gasteiger partial charge in [0.1, 0.15) is 11.3 Å². The Balaban J connectivity index is 1.54. The van der Waals surface area contributed by atoms with Gasteiger partial charge in [-0.15, -0.1) is 0 Å². The third kappa shape index (κ3) is 5.18. The predicted molar refractivity (Wildman–Crippen MR) is 141 cm³/mol. The number of alkyl halides is 3. The van der Waals surface area contributed by atoms with E-state index in [0.717, 1.165) is 16.6 Å². The third-order valence-corrected chi connectivity index (χ3v) is 7.87. The Hall–Kier alpha value is -3.27. The van der Waals surface area contributed by atoms with Crippen molar-refractivity contribution in [2.75, 3.05) is 20.2 Å². The number of para-hydroxylation sites is 1. The van der Waals surface area contributed by atoms with Gasteiger partial charge in [0.05, 0.1) is 24.8 Å². The number of nitrogens with one attached hydrogen (secondary N) is 2. The first-order chi connectivity index (χ1) is 17.8. The molecule has 3 heterocycles. The molecule has 1 saturated heterocycles. The van der Waals surface area contributed by atoms with Gasteiger partial charge in [-0.1, -0.05) is 18.2 Å². The number of aryl methyl sites for hydroxylation is 1. The molecule has 1 aliphatic rings. The molecule has 0 bridgehead atoms. The largest absolute Gasteiger partial charge is 0.496 e. The van der Waals surface area contributed by atoms with Crippen LogP contribution in [0.25, 0.3) is 10.9 Å². The molecule has 2 N–H and O–H groups in total. The lowest BCUT2D eigenvalue weighted by atomic mass is 9.91. The highest BCUT2D eigenvalue weighted by Crippen LogP contribution is 2.38. The second-order valence-electron chi connectivity index (χ2n) is 10.6. The van der Waals surface area contributed by atoms with Crippen molar-refractivity contribution in [1.29, 1.82) is 0 Å². The van der Waals surface area contributed by atoms with Gasteiger partial charge in [-0.25, -0.2) is 0 Å². The standard InChI is InChI=1S/C28H35F3N4O3/c1-17-14-23(38-5)21(25(36)33-17)15-32-26(37)24-18(2)35(22-9-7-6-8-20(22)24)16-19-10-12-34(13-11-19)27(3,4)28(29,30)31/h6-9,14,19H,10-13,15-16H2,1-5H3,(H,32,37)(H,33,36). The average molecular weight is 533 g/mol. The number of H-pyrrole nitrogens is 1. The number of ether oxygens (including phenoxy) is 1. The van der Waals surface area contributed by atoms with Crippen molar-refractivity contribution in [3.8, 4) is 5.75 Å². The lowest BCUT2D eigenvalue weighted by Gasteiger charge is -2.43. The van der Waals surface area contributed by atoms with Crippen molar-refractivity contribution < 1.29 is 22.7 Å². The number of pyridine rings is 1. The lowest BCUT2D eigenvalue weighted by Crippen LogP contribution is -2.57. The predicted octanol–water partition coefficient (Wildman–Crippen LogP) is 4.94. The molecule has 206 valence electrons. The summed E-state index contributed by atoms with van der Waals surface area (Å²) in [5.74, 6) is 0.294. The van der Waals surface area contributed by atoms with Crippen LogP contribution >= 0.6 is 0 Å². The van der Waals surface area contributed by atoms with Crippen molar-refractivity contribution in [3.63, 3.8) is 0 Å². The van der Waals surface area contributed by atoms with Crippen LogP contribution in [0.1, 0.15) is 54.0 Å². The van der Waals surface area contributed by atoms with Crippen LogP contribution in [0.3, 0.4) is 0 Å². The summed E-state index contributed by atoms with van der Waals surface area (Å²) >= 11 is 0. The fourth-order valence-electron chi connectivity index (χ4n) is 5.36. The normalized spacial score (nSPS) is 15.7. The average Bonchev–Trinajstić information content (AvgIpc) is 3.13. The number of piperidine rings is 1. The van der Waals surface area contributed by atoms with Crippen LogP contribution in [0.4, 0.5) is 13.2 Å². The van der Waals surface area contributed by atoms with Crippen molar-refractivity contribution in [3.05, 3.63) is 63.2 Å². The number of amides is 1. The summed E-state index contributed by atoms with van der Waals surface area (Å²) in [4.78, 5) is 30.1. The Morgan fingerprint density at radius 1 is 1.16 bits per heavy atom. The van der Waals surface area contributed by atoms with Crippen molar-refractivity contribution in [2.24, 2.45) is 5.92 Å². The molecular formula is C28H35F3N4O3. The van der Waals surface area contributed by atoms with Crippen LogP contribution in [0.5, 0.6) is 5.75 Å². The first kappa shape index (κ1) is 27.8. The smallest absolute Gasteiger partial charge is 0.406 e. The fourth-order valence-corrected chi connectivity index (χ4v) is 5.36. The summed E-state index contributed by atoms with van der Waals surface area (Å²) in [7, 11) is 1.48. The van der Waals surface area contributed by atoms with E-state index < -0.39 is 11.7 Å². The minimum absolute atomic E-state index is 0.00399. The highest BCUT2D eigenvalue weighted by atomic mass is 19.4. The number of carbonyl (C=O) groups excluding carboxylic acids is 1. The molecule has 0 saturated carbocycles. The van der Waals surface area contributed by atoms with E-state index in [9.17, 15) is 22.8 Å². The van der Waals surface area contributed by atoms with E-state index in [-0.39, 0.29) is 23.9 Å².